The molecule has 2 amide bonds. The molecule has 2 N–H and O–H groups in total. The number of hydrogen-bond acceptors (Lipinski definition) is 8. The van der Waals surface area contributed by atoms with Crippen LogP contribution in [0.25, 0.3) is 0 Å². The van der Waals surface area contributed by atoms with Crippen molar-refractivity contribution in [3.63, 3.8) is 0 Å². The predicted molar refractivity (Wildman–Crippen MR) is 172 cm³/mol. The lowest BCUT2D eigenvalue weighted by molar-refractivity contribution is -0.176. The number of halogens is 1. The van der Waals surface area contributed by atoms with Crippen LogP contribution in [0.1, 0.15) is 57.8 Å². The van der Waals surface area contributed by atoms with Gasteiger partial charge in [-0.3, -0.25) is 14.4 Å². The third-order valence-electron chi connectivity index (χ3n) is 8.14. The lowest BCUT2D eigenvalue weighted by Crippen LogP contribution is -2.49. The van der Waals surface area contributed by atoms with E-state index in [4.69, 9.17) is 30.5 Å². The van der Waals surface area contributed by atoms with E-state index in [9.17, 15) is 19.2 Å². The standard InChI is InChI=1S/C35H43ClN2O8/c1-20(2)16-29-35(42)44-27(22(4)31-32(46-31)24-10-7-6-8-11-24)12-9-13-30(39)38-26(33(40)37-19-21(3)34(41)45-29)18-23-14-15-28(43-5)25(36)17-23/h6-11,13-15,17,20-22,26-27,29,31-32H,12,16,18-19H2,1-5H3,(H,37,40)(H,38,39)/b13-9+/t21-,22-,26-,27+,29+,31-,32+/m1/s1. The van der Waals surface area contributed by atoms with Gasteiger partial charge in [-0.25, -0.2) is 4.79 Å². The van der Waals surface area contributed by atoms with Crippen LogP contribution in [0.15, 0.2) is 60.7 Å². The van der Waals surface area contributed by atoms with Crippen molar-refractivity contribution in [1.82, 2.24) is 10.6 Å². The summed E-state index contributed by atoms with van der Waals surface area (Å²) in [5, 5.41) is 5.86. The minimum atomic E-state index is -1.13. The summed E-state index contributed by atoms with van der Waals surface area (Å²) in [6.45, 7) is 7.31. The number of benzene rings is 2. The van der Waals surface area contributed by atoms with E-state index >= 15 is 0 Å². The number of nitrogens with one attached hydrogen (secondary N) is 2. The van der Waals surface area contributed by atoms with Crippen LogP contribution in [-0.4, -0.2) is 61.8 Å². The van der Waals surface area contributed by atoms with Gasteiger partial charge in [-0.05, 0) is 41.7 Å². The van der Waals surface area contributed by atoms with E-state index in [1.165, 1.54) is 13.2 Å². The van der Waals surface area contributed by atoms with Crippen LogP contribution in [0.2, 0.25) is 5.02 Å². The normalized spacial score (nSPS) is 27.5. The minimum absolute atomic E-state index is 0.0341. The summed E-state index contributed by atoms with van der Waals surface area (Å²) in [6.07, 6.45) is 1.40. The molecule has 0 aliphatic carbocycles. The molecule has 1 fully saturated rings. The first kappa shape index (κ1) is 35.0. The summed E-state index contributed by atoms with van der Waals surface area (Å²) in [4.78, 5) is 52.9. The molecule has 4 rings (SSSR count). The maximum Gasteiger partial charge on any atom is 0.347 e. The van der Waals surface area contributed by atoms with Crippen molar-refractivity contribution in [2.24, 2.45) is 17.8 Å². The highest BCUT2D eigenvalue weighted by molar-refractivity contribution is 6.32. The van der Waals surface area contributed by atoms with Crippen LogP contribution in [0.5, 0.6) is 5.75 Å². The lowest BCUT2D eigenvalue weighted by atomic mass is 9.93. The van der Waals surface area contributed by atoms with E-state index in [0.29, 0.717) is 16.3 Å². The Kier molecular flexibility index (Phi) is 12.2. The van der Waals surface area contributed by atoms with E-state index < -0.39 is 47.9 Å². The summed E-state index contributed by atoms with van der Waals surface area (Å²) in [6, 6.07) is 13.9. The molecule has 2 aliphatic rings. The molecule has 2 heterocycles. The molecule has 0 spiro atoms. The van der Waals surface area contributed by atoms with Crippen LogP contribution in [0.3, 0.4) is 0 Å². The van der Waals surface area contributed by atoms with Gasteiger partial charge in [0.2, 0.25) is 11.8 Å². The number of carbonyl (C=O) groups is 4. The average molecular weight is 655 g/mol. The van der Waals surface area contributed by atoms with E-state index in [0.717, 1.165) is 5.56 Å². The number of rotatable bonds is 8. The minimum Gasteiger partial charge on any atom is -0.495 e. The van der Waals surface area contributed by atoms with Gasteiger partial charge in [-0.1, -0.05) is 81.8 Å². The molecule has 1 saturated heterocycles. The maximum atomic E-state index is 13.5. The quantitative estimate of drug-likeness (QED) is 0.308. The van der Waals surface area contributed by atoms with Crippen molar-refractivity contribution >= 4 is 35.4 Å². The third kappa shape index (κ3) is 9.56. The lowest BCUT2D eigenvalue weighted by Gasteiger charge is -2.27. The van der Waals surface area contributed by atoms with Gasteiger partial charge in [0, 0.05) is 25.3 Å². The van der Waals surface area contributed by atoms with Crippen molar-refractivity contribution in [2.45, 2.75) is 77.4 Å². The van der Waals surface area contributed by atoms with Crippen LogP contribution < -0.4 is 15.4 Å². The van der Waals surface area contributed by atoms with E-state index in [1.807, 2.05) is 51.1 Å². The fourth-order valence-corrected chi connectivity index (χ4v) is 5.67. The molecular weight excluding hydrogens is 612 g/mol. The third-order valence-corrected chi connectivity index (χ3v) is 8.44. The van der Waals surface area contributed by atoms with Gasteiger partial charge < -0.3 is 29.6 Å². The molecule has 2 aromatic carbocycles. The van der Waals surface area contributed by atoms with Gasteiger partial charge in [-0.15, -0.1) is 0 Å². The van der Waals surface area contributed by atoms with Crippen molar-refractivity contribution in [3.8, 4) is 5.75 Å². The Morgan fingerprint density at radius 2 is 1.74 bits per heavy atom. The van der Waals surface area contributed by atoms with Crippen molar-refractivity contribution in [2.75, 3.05) is 13.7 Å². The molecule has 10 nitrogen and oxygen atoms in total. The Bertz CT molecular complexity index is 1410. The molecule has 0 radical (unpaired) electrons. The van der Waals surface area contributed by atoms with Crippen LogP contribution in [0.4, 0.5) is 0 Å². The van der Waals surface area contributed by atoms with Gasteiger partial charge in [0.05, 0.1) is 24.2 Å². The highest BCUT2D eigenvalue weighted by atomic mass is 35.5. The number of epoxide rings is 1. The molecule has 46 heavy (non-hydrogen) atoms. The molecule has 2 aliphatic heterocycles. The molecule has 0 saturated carbocycles. The number of methoxy groups -OCH3 is 1. The Balaban J connectivity index is 1.58. The second kappa shape index (κ2) is 16.1. The van der Waals surface area contributed by atoms with Gasteiger partial charge in [0.1, 0.15) is 24.0 Å². The fourth-order valence-electron chi connectivity index (χ4n) is 5.39. The van der Waals surface area contributed by atoms with Gasteiger partial charge >= 0.3 is 11.9 Å². The molecule has 7 atom stereocenters. The van der Waals surface area contributed by atoms with Crippen LogP contribution >= 0.6 is 11.6 Å². The monoisotopic (exact) mass is 654 g/mol. The highest BCUT2D eigenvalue weighted by Crippen LogP contribution is 2.45. The van der Waals surface area contributed by atoms with Gasteiger partial charge in [-0.2, -0.15) is 0 Å². The van der Waals surface area contributed by atoms with Crippen LogP contribution in [-0.2, 0) is 39.8 Å². The smallest absolute Gasteiger partial charge is 0.347 e. The molecular formula is C35H43ClN2O8. The highest BCUT2D eigenvalue weighted by Gasteiger charge is 2.47. The number of cyclic esters (lactones) is 2. The van der Waals surface area contributed by atoms with Crippen molar-refractivity contribution in [3.05, 3.63) is 76.8 Å². The Labute approximate surface area is 275 Å². The zero-order valence-electron chi connectivity index (χ0n) is 26.9. The molecule has 0 unspecified atom stereocenters. The largest absolute Gasteiger partial charge is 0.495 e. The average Bonchev–Trinajstić information content (AvgIpc) is 3.83. The Morgan fingerprint density at radius 3 is 2.41 bits per heavy atom. The predicted octanol–water partition coefficient (Wildman–Crippen LogP) is 4.73. The van der Waals surface area contributed by atoms with Crippen LogP contribution in [0, 0.1) is 17.8 Å². The summed E-state index contributed by atoms with van der Waals surface area (Å²) < 4.78 is 22.9. The number of amides is 2. The summed E-state index contributed by atoms with van der Waals surface area (Å²) >= 11 is 6.30. The van der Waals surface area contributed by atoms with Crippen molar-refractivity contribution in [1.29, 1.82) is 0 Å². The van der Waals surface area contributed by atoms with Gasteiger partial charge in [0.15, 0.2) is 6.10 Å². The van der Waals surface area contributed by atoms with E-state index in [1.54, 1.807) is 31.2 Å². The molecule has 11 heteroatoms. The first-order valence-corrected chi connectivity index (χ1v) is 16.0. The number of esters is 2. The topological polar surface area (TPSA) is 133 Å². The fraction of sp³-hybridized carbons (Fsp3) is 0.486. The zero-order chi connectivity index (χ0) is 33.4. The molecule has 248 valence electrons. The molecule has 0 aromatic heterocycles. The van der Waals surface area contributed by atoms with Gasteiger partial charge in [0.25, 0.3) is 0 Å². The second-order valence-corrected chi connectivity index (χ2v) is 12.7. The molecule has 2 aromatic rings. The maximum absolute atomic E-state index is 13.5. The summed E-state index contributed by atoms with van der Waals surface area (Å²) in [5.74, 6) is -2.78. The Hall–Kier alpha value is -3.89. The van der Waals surface area contributed by atoms with E-state index in [2.05, 4.69) is 10.6 Å². The first-order chi connectivity index (χ1) is 22.0. The number of carbonyl (C=O) groups excluding carboxylic acids is 4. The number of ether oxygens (including phenoxy) is 4. The zero-order valence-corrected chi connectivity index (χ0v) is 27.6. The summed E-state index contributed by atoms with van der Waals surface area (Å²) in [7, 11) is 1.51. The SMILES string of the molecule is COc1ccc(C[C@H]2NC(=O)/C=C/C[C@@H]([C@@H](C)[C@H]3O[C@H]3c3ccccc3)OC(=O)[C@H](CC(C)C)OC(=O)[C@H](C)CNC2=O)cc1Cl. The van der Waals surface area contributed by atoms with E-state index in [-0.39, 0.29) is 49.9 Å². The molecule has 0 bridgehead atoms. The summed E-state index contributed by atoms with van der Waals surface area (Å²) in [5.41, 5.74) is 1.73. The Morgan fingerprint density at radius 1 is 1.00 bits per heavy atom. The van der Waals surface area contributed by atoms with Crippen molar-refractivity contribution < 1.29 is 38.1 Å². The second-order valence-electron chi connectivity index (χ2n) is 12.3. The first-order valence-electron chi connectivity index (χ1n) is 15.6. The number of hydrogen-bond donors (Lipinski definition) is 2.